The van der Waals surface area contributed by atoms with Crippen molar-refractivity contribution in [3.63, 3.8) is 0 Å². The van der Waals surface area contributed by atoms with Gasteiger partial charge in [-0.3, -0.25) is 0 Å². The van der Waals surface area contributed by atoms with Crippen molar-refractivity contribution >= 4 is 23.2 Å². The zero-order chi connectivity index (χ0) is 14.7. The van der Waals surface area contributed by atoms with Crippen LogP contribution in [0.3, 0.4) is 0 Å². The number of nitrogens with one attached hydrogen (secondary N) is 1. The van der Waals surface area contributed by atoms with E-state index in [2.05, 4.69) is 5.32 Å². The molecule has 5 heteroatoms. The lowest BCUT2D eigenvalue weighted by atomic mass is 9.98. The topological polar surface area (TPSA) is 12.0 Å². The van der Waals surface area contributed by atoms with Crippen molar-refractivity contribution in [2.24, 2.45) is 0 Å². The molecule has 0 spiro atoms. The summed E-state index contributed by atoms with van der Waals surface area (Å²) in [7, 11) is 1.68. The Morgan fingerprint density at radius 2 is 1.70 bits per heavy atom. The number of hydrogen-bond donors (Lipinski definition) is 1. The second-order valence-electron chi connectivity index (χ2n) is 4.39. The summed E-state index contributed by atoms with van der Waals surface area (Å²) in [6.07, 6.45) is 0.254. The van der Waals surface area contributed by atoms with Crippen LogP contribution in [0.2, 0.25) is 10.0 Å². The average Bonchev–Trinajstić information content (AvgIpc) is 2.42. The molecule has 0 radical (unpaired) electrons. The number of benzene rings is 2. The third kappa shape index (κ3) is 3.11. The molecule has 1 nitrogen and oxygen atoms in total. The molecule has 0 amide bonds. The molecule has 1 N–H and O–H groups in total. The third-order valence-electron chi connectivity index (χ3n) is 3.15. The molecule has 0 aliphatic rings. The highest BCUT2D eigenvalue weighted by molar-refractivity contribution is 6.31. The van der Waals surface area contributed by atoms with E-state index >= 15 is 0 Å². The minimum atomic E-state index is -0.484. The quantitative estimate of drug-likeness (QED) is 0.856. The normalized spacial score (nSPS) is 12.4. The van der Waals surface area contributed by atoms with Gasteiger partial charge in [-0.15, -0.1) is 0 Å². The molecular formula is C15H13Cl2F2N. The molecule has 2 rings (SSSR count). The Hall–Kier alpha value is -1.16. The van der Waals surface area contributed by atoms with Gasteiger partial charge in [0.05, 0.1) is 5.02 Å². The molecule has 0 aliphatic carbocycles. The van der Waals surface area contributed by atoms with E-state index in [1.54, 1.807) is 25.2 Å². The maximum atomic E-state index is 13.9. The highest BCUT2D eigenvalue weighted by Gasteiger charge is 2.20. The molecule has 0 aliphatic heterocycles. The smallest absolute Gasteiger partial charge is 0.145 e. The van der Waals surface area contributed by atoms with Crippen molar-refractivity contribution < 1.29 is 8.78 Å². The second kappa shape index (κ2) is 6.53. The van der Waals surface area contributed by atoms with E-state index < -0.39 is 17.7 Å². The van der Waals surface area contributed by atoms with Crippen LogP contribution in [0, 0.1) is 11.6 Å². The second-order valence-corrected chi connectivity index (χ2v) is 5.21. The summed E-state index contributed by atoms with van der Waals surface area (Å²) in [6, 6.07) is 8.81. The molecule has 0 bridgehead atoms. The Labute approximate surface area is 126 Å². The van der Waals surface area contributed by atoms with E-state index in [1.165, 1.54) is 18.2 Å². The van der Waals surface area contributed by atoms with Crippen LogP contribution in [0.5, 0.6) is 0 Å². The number of rotatable bonds is 4. The van der Waals surface area contributed by atoms with Gasteiger partial charge in [0, 0.05) is 16.6 Å². The number of likely N-dealkylation sites (N-methyl/N-ethyl adjacent to an activating group) is 1. The maximum Gasteiger partial charge on any atom is 0.145 e. The van der Waals surface area contributed by atoms with Crippen molar-refractivity contribution in [2.75, 3.05) is 7.05 Å². The highest BCUT2D eigenvalue weighted by atomic mass is 35.5. The van der Waals surface area contributed by atoms with E-state index in [1.807, 2.05) is 0 Å². The lowest BCUT2D eigenvalue weighted by molar-refractivity contribution is 0.520. The summed E-state index contributed by atoms with van der Waals surface area (Å²) in [6.45, 7) is 0. The zero-order valence-corrected chi connectivity index (χ0v) is 12.3. The predicted molar refractivity (Wildman–Crippen MR) is 78.3 cm³/mol. The van der Waals surface area contributed by atoms with Gasteiger partial charge in [-0.2, -0.15) is 0 Å². The molecule has 0 saturated heterocycles. The predicted octanol–water partition coefficient (Wildman–Crippen LogP) is 4.77. The van der Waals surface area contributed by atoms with E-state index in [9.17, 15) is 8.78 Å². The molecule has 106 valence electrons. The van der Waals surface area contributed by atoms with E-state index in [0.29, 0.717) is 16.1 Å². The Morgan fingerprint density at radius 3 is 2.35 bits per heavy atom. The Balaban J connectivity index is 2.37. The maximum absolute atomic E-state index is 13.9. The minimum Gasteiger partial charge on any atom is -0.313 e. The first-order valence-corrected chi connectivity index (χ1v) is 6.84. The van der Waals surface area contributed by atoms with Crippen LogP contribution in [0.4, 0.5) is 8.78 Å². The van der Waals surface area contributed by atoms with Gasteiger partial charge in [-0.05, 0) is 37.2 Å². The SMILES string of the molecule is CNC(Cc1cccc(Cl)c1F)c1c(F)cccc1Cl. The van der Waals surface area contributed by atoms with Gasteiger partial charge >= 0.3 is 0 Å². The van der Waals surface area contributed by atoms with Gasteiger partial charge in [0.15, 0.2) is 0 Å². The van der Waals surface area contributed by atoms with Crippen molar-refractivity contribution in [1.82, 2.24) is 5.32 Å². The summed E-state index contributed by atoms with van der Waals surface area (Å²) < 4.78 is 27.9. The molecule has 1 unspecified atom stereocenters. The molecule has 1 atom stereocenters. The Morgan fingerprint density at radius 1 is 1.05 bits per heavy atom. The van der Waals surface area contributed by atoms with Crippen LogP contribution >= 0.6 is 23.2 Å². The van der Waals surface area contributed by atoms with Crippen LogP contribution in [-0.2, 0) is 6.42 Å². The standard InChI is InChI=1S/C15H13Cl2F2N/c1-20-13(14-10(16)5-3-7-12(14)18)8-9-4-2-6-11(17)15(9)19/h2-7,13,20H,8H2,1H3. The highest BCUT2D eigenvalue weighted by Crippen LogP contribution is 2.29. The molecule has 0 heterocycles. The molecule has 20 heavy (non-hydrogen) atoms. The van der Waals surface area contributed by atoms with Crippen LogP contribution in [0.1, 0.15) is 17.2 Å². The summed E-state index contributed by atoms with van der Waals surface area (Å²) in [5.41, 5.74) is 0.743. The first-order chi connectivity index (χ1) is 9.54. The van der Waals surface area contributed by atoms with E-state index in [-0.39, 0.29) is 11.4 Å². The average molecular weight is 316 g/mol. The number of halogens is 4. The van der Waals surface area contributed by atoms with Crippen LogP contribution < -0.4 is 5.32 Å². The zero-order valence-electron chi connectivity index (χ0n) is 10.8. The van der Waals surface area contributed by atoms with Crippen molar-refractivity contribution in [1.29, 1.82) is 0 Å². The van der Waals surface area contributed by atoms with Crippen molar-refractivity contribution in [3.05, 3.63) is 69.2 Å². The van der Waals surface area contributed by atoms with Gasteiger partial charge in [-0.1, -0.05) is 41.4 Å². The van der Waals surface area contributed by atoms with Gasteiger partial charge in [0.2, 0.25) is 0 Å². The van der Waals surface area contributed by atoms with Gasteiger partial charge in [0.1, 0.15) is 11.6 Å². The molecule has 0 aromatic heterocycles. The third-order valence-corrected chi connectivity index (χ3v) is 3.77. The molecule has 0 saturated carbocycles. The van der Waals surface area contributed by atoms with Crippen molar-refractivity contribution in [3.8, 4) is 0 Å². The van der Waals surface area contributed by atoms with Gasteiger partial charge in [-0.25, -0.2) is 8.78 Å². The lowest BCUT2D eigenvalue weighted by Crippen LogP contribution is -2.21. The van der Waals surface area contributed by atoms with Gasteiger partial charge in [0.25, 0.3) is 0 Å². The summed E-state index contributed by atoms with van der Waals surface area (Å²) >= 11 is 11.8. The van der Waals surface area contributed by atoms with E-state index in [4.69, 9.17) is 23.2 Å². The Kier molecular flexibility index (Phi) is 4.97. The molecule has 2 aromatic carbocycles. The van der Waals surface area contributed by atoms with Crippen LogP contribution in [0.15, 0.2) is 36.4 Å². The Bertz CT molecular complexity index is 597. The van der Waals surface area contributed by atoms with E-state index in [0.717, 1.165) is 0 Å². The van der Waals surface area contributed by atoms with Crippen molar-refractivity contribution in [2.45, 2.75) is 12.5 Å². The fourth-order valence-corrected chi connectivity index (χ4v) is 2.61. The summed E-state index contributed by atoms with van der Waals surface area (Å²) in [4.78, 5) is 0. The fraction of sp³-hybridized carbons (Fsp3) is 0.200. The molecule has 0 fully saturated rings. The minimum absolute atomic E-state index is 0.0528. The first-order valence-electron chi connectivity index (χ1n) is 6.08. The molecular weight excluding hydrogens is 303 g/mol. The van der Waals surface area contributed by atoms with Crippen LogP contribution in [-0.4, -0.2) is 7.05 Å². The lowest BCUT2D eigenvalue weighted by Gasteiger charge is -2.19. The summed E-state index contributed by atoms with van der Waals surface area (Å²) in [5, 5.41) is 3.33. The number of hydrogen-bond acceptors (Lipinski definition) is 1. The molecule has 2 aromatic rings. The largest absolute Gasteiger partial charge is 0.313 e. The monoisotopic (exact) mass is 315 g/mol. The van der Waals surface area contributed by atoms with Gasteiger partial charge < -0.3 is 5.32 Å². The first kappa shape index (κ1) is 15.2. The van der Waals surface area contributed by atoms with Crippen LogP contribution in [0.25, 0.3) is 0 Å². The fourth-order valence-electron chi connectivity index (χ4n) is 2.12. The summed E-state index contributed by atoms with van der Waals surface area (Å²) in [5.74, 6) is -0.902.